The molecule has 4 rings (SSSR count). The van der Waals surface area contributed by atoms with Gasteiger partial charge in [-0.15, -0.1) is 15.0 Å². The Bertz CT molecular complexity index is 957. The van der Waals surface area contributed by atoms with Crippen molar-refractivity contribution < 1.29 is 4.79 Å². The summed E-state index contributed by atoms with van der Waals surface area (Å²) in [6, 6.07) is 17.0. The maximum atomic E-state index is 12.1. The Kier molecular flexibility index (Phi) is 3.47. The van der Waals surface area contributed by atoms with Gasteiger partial charge in [-0.2, -0.15) is 0 Å². The third-order valence-corrected chi connectivity index (χ3v) is 3.46. The second-order valence-electron chi connectivity index (χ2n) is 5.12. The largest absolute Gasteiger partial charge is 0.342 e. The zero-order valence-electron chi connectivity index (χ0n) is 12.5. The molecular formula is C16H13N7O. The highest BCUT2D eigenvalue weighted by Crippen LogP contribution is 2.10. The smallest absolute Gasteiger partial charge is 0.293 e. The minimum Gasteiger partial charge on any atom is -0.342 e. The fourth-order valence-corrected chi connectivity index (χ4v) is 2.31. The average Bonchev–Trinajstić information content (AvgIpc) is 3.27. The van der Waals surface area contributed by atoms with Gasteiger partial charge < -0.3 is 10.3 Å². The van der Waals surface area contributed by atoms with Crippen molar-refractivity contribution in [2.75, 3.05) is 0 Å². The molecule has 8 nitrogen and oxygen atoms in total. The van der Waals surface area contributed by atoms with Gasteiger partial charge in [0.25, 0.3) is 11.7 Å². The molecule has 4 aromatic rings. The molecule has 0 saturated carbocycles. The summed E-state index contributed by atoms with van der Waals surface area (Å²) in [6.45, 7) is 0.257. The molecule has 2 aromatic heterocycles. The van der Waals surface area contributed by atoms with E-state index in [-0.39, 0.29) is 12.4 Å². The second-order valence-corrected chi connectivity index (χ2v) is 5.12. The number of hydrogen-bond donors (Lipinski definition) is 2. The summed E-state index contributed by atoms with van der Waals surface area (Å²) >= 11 is 0. The Morgan fingerprint density at radius 2 is 1.88 bits per heavy atom. The lowest BCUT2D eigenvalue weighted by Gasteiger charge is -1.99. The van der Waals surface area contributed by atoms with E-state index in [0.29, 0.717) is 5.82 Å². The number of aromatic amines is 1. The van der Waals surface area contributed by atoms with Crippen LogP contribution < -0.4 is 5.32 Å². The fraction of sp³-hybridized carbons (Fsp3) is 0.0625. The highest BCUT2D eigenvalue weighted by atomic mass is 16.2. The van der Waals surface area contributed by atoms with E-state index < -0.39 is 5.91 Å². The van der Waals surface area contributed by atoms with E-state index >= 15 is 0 Å². The highest BCUT2D eigenvalue weighted by Gasteiger charge is 2.14. The van der Waals surface area contributed by atoms with E-state index in [1.54, 1.807) is 0 Å². The van der Waals surface area contributed by atoms with Gasteiger partial charge in [0.1, 0.15) is 5.82 Å². The Balaban J connectivity index is 1.45. The quantitative estimate of drug-likeness (QED) is 0.593. The number of hydrogen-bond acceptors (Lipinski definition) is 5. The van der Waals surface area contributed by atoms with Crippen molar-refractivity contribution in [2.45, 2.75) is 6.54 Å². The first-order valence-corrected chi connectivity index (χ1v) is 7.37. The van der Waals surface area contributed by atoms with Gasteiger partial charge in [-0.05, 0) is 29.5 Å². The van der Waals surface area contributed by atoms with Crippen molar-refractivity contribution in [3.8, 4) is 5.69 Å². The number of fused-ring (bicyclic) bond motifs is 1. The first kappa shape index (κ1) is 14.1. The molecule has 2 aromatic carbocycles. The van der Waals surface area contributed by atoms with Crippen LogP contribution in [0, 0.1) is 0 Å². The number of nitrogens with one attached hydrogen (secondary N) is 2. The summed E-state index contributed by atoms with van der Waals surface area (Å²) in [6.07, 6.45) is 0. The number of amides is 1. The van der Waals surface area contributed by atoms with Crippen LogP contribution in [0.5, 0.6) is 0 Å². The molecule has 2 heterocycles. The monoisotopic (exact) mass is 319 g/mol. The molecule has 0 atom stereocenters. The number of benzene rings is 2. The van der Waals surface area contributed by atoms with Gasteiger partial charge in [0, 0.05) is 0 Å². The van der Waals surface area contributed by atoms with Crippen LogP contribution in [0.3, 0.4) is 0 Å². The van der Waals surface area contributed by atoms with Crippen molar-refractivity contribution in [1.29, 1.82) is 0 Å². The average molecular weight is 319 g/mol. The van der Waals surface area contributed by atoms with Gasteiger partial charge in [-0.3, -0.25) is 4.79 Å². The highest BCUT2D eigenvalue weighted by molar-refractivity contribution is 5.90. The number of imidazole rings is 1. The van der Waals surface area contributed by atoms with Crippen LogP contribution in [0.25, 0.3) is 16.7 Å². The molecular weight excluding hydrogens is 306 g/mol. The Hall–Kier alpha value is -3.55. The Morgan fingerprint density at radius 1 is 1.08 bits per heavy atom. The number of tetrazole rings is 1. The first-order valence-electron chi connectivity index (χ1n) is 7.37. The summed E-state index contributed by atoms with van der Waals surface area (Å²) in [7, 11) is 0. The van der Waals surface area contributed by atoms with Gasteiger partial charge >= 0.3 is 0 Å². The molecule has 0 aliphatic rings. The minimum atomic E-state index is -0.405. The van der Waals surface area contributed by atoms with Gasteiger partial charge in [0.15, 0.2) is 0 Å². The molecule has 0 bridgehead atoms. The van der Waals surface area contributed by atoms with Gasteiger partial charge in [0.05, 0.1) is 23.3 Å². The molecule has 0 fully saturated rings. The number of carbonyl (C=O) groups excluding carboxylic acids is 1. The minimum absolute atomic E-state index is 0.00923. The van der Waals surface area contributed by atoms with Crippen LogP contribution in [0.2, 0.25) is 0 Å². The molecule has 0 spiro atoms. The van der Waals surface area contributed by atoms with Crippen LogP contribution in [0.1, 0.15) is 16.4 Å². The van der Waals surface area contributed by atoms with E-state index in [4.69, 9.17) is 0 Å². The summed E-state index contributed by atoms with van der Waals surface area (Å²) in [5.41, 5.74) is 2.52. The number of rotatable bonds is 4. The van der Waals surface area contributed by atoms with E-state index in [9.17, 15) is 4.79 Å². The van der Waals surface area contributed by atoms with Gasteiger partial charge in [-0.25, -0.2) is 4.98 Å². The fourth-order valence-electron chi connectivity index (χ4n) is 2.31. The number of aromatic nitrogens is 6. The number of para-hydroxylation sites is 3. The topological polar surface area (TPSA) is 101 Å². The van der Waals surface area contributed by atoms with E-state index in [1.165, 1.54) is 4.80 Å². The molecule has 24 heavy (non-hydrogen) atoms. The normalized spacial score (nSPS) is 10.8. The predicted molar refractivity (Wildman–Crippen MR) is 86.4 cm³/mol. The van der Waals surface area contributed by atoms with E-state index in [1.807, 2.05) is 54.6 Å². The molecule has 0 unspecified atom stereocenters. The molecule has 0 aliphatic carbocycles. The third-order valence-electron chi connectivity index (χ3n) is 3.46. The van der Waals surface area contributed by atoms with Crippen molar-refractivity contribution in [2.24, 2.45) is 0 Å². The molecule has 118 valence electrons. The van der Waals surface area contributed by atoms with Crippen LogP contribution in [-0.2, 0) is 6.54 Å². The lowest BCUT2D eigenvalue weighted by molar-refractivity contribution is 0.0939. The molecule has 0 radical (unpaired) electrons. The molecule has 8 heteroatoms. The zero-order chi connectivity index (χ0) is 16.4. The SMILES string of the molecule is O=C(NCc1nc2ccccc2[nH]1)c1nnn(-c2ccccc2)n1. The Labute approximate surface area is 136 Å². The molecule has 1 amide bonds. The van der Waals surface area contributed by atoms with Crippen molar-refractivity contribution >= 4 is 16.9 Å². The van der Waals surface area contributed by atoms with E-state index in [2.05, 4.69) is 30.7 Å². The van der Waals surface area contributed by atoms with Crippen LogP contribution in [0.15, 0.2) is 54.6 Å². The number of nitrogens with zero attached hydrogens (tertiary/aromatic N) is 5. The maximum absolute atomic E-state index is 12.1. The molecule has 0 aliphatic heterocycles. The van der Waals surface area contributed by atoms with E-state index in [0.717, 1.165) is 16.7 Å². The molecule has 0 saturated heterocycles. The summed E-state index contributed by atoms with van der Waals surface area (Å²) in [4.78, 5) is 21.0. The van der Waals surface area contributed by atoms with Crippen LogP contribution in [-0.4, -0.2) is 36.1 Å². The lowest BCUT2D eigenvalue weighted by Crippen LogP contribution is -2.24. The molecule has 2 N–H and O–H groups in total. The van der Waals surface area contributed by atoms with Crippen LogP contribution in [0.4, 0.5) is 0 Å². The predicted octanol–water partition coefficient (Wildman–Crippen LogP) is 1.47. The number of H-pyrrole nitrogens is 1. The lowest BCUT2D eigenvalue weighted by atomic mass is 10.3. The summed E-state index contributed by atoms with van der Waals surface area (Å²) < 4.78 is 0. The maximum Gasteiger partial charge on any atom is 0.293 e. The number of carbonyl (C=O) groups is 1. The van der Waals surface area contributed by atoms with Gasteiger partial charge in [0.2, 0.25) is 0 Å². The van der Waals surface area contributed by atoms with Crippen molar-refractivity contribution in [3.05, 3.63) is 66.2 Å². The van der Waals surface area contributed by atoms with Crippen LogP contribution >= 0.6 is 0 Å². The summed E-state index contributed by atoms with van der Waals surface area (Å²) in [5.74, 6) is 0.271. The summed E-state index contributed by atoms with van der Waals surface area (Å²) in [5, 5.41) is 14.5. The third kappa shape index (κ3) is 2.72. The first-order chi connectivity index (χ1) is 11.8. The zero-order valence-corrected chi connectivity index (χ0v) is 12.5. The Morgan fingerprint density at radius 3 is 2.71 bits per heavy atom. The van der Waals surface area contributed by atoms with Crippen molar-refractivity contribution in [3.63, 3.8) is 0 Å². The van der Waals surface area contributed by atoms with Crippen molar-refractivity contribution in [1.82, 2.24) is 35.5 Å². The van der Waals surface area contributed by atoms with Gasteiger partial charge in [-0.1, -0.05) is 30.3 Å². The second kappa shape index (κ2) is 5.92. The standard InChI is InChI=1S/C16H13N7O/c24-16(15-20-22-23(21-15)11-6-2-1-3-7-11)17-10-14-18-12-8-4-5-9-13(12)19-14/h1-9H,10H2,(H,17,24)(H,18,19).